The molecule has 5 nitrogen and oxygen atoms in total. The molecule has 0 aliphatic heterocycles. The van der Waals surface area contributed by atoms with Crippen LogP contribution in [0, 0.1) is 0 Å². The summed E-state index contributed by atoms with van der Waals surface area (Å²) in [6.45, 7) is 5.26. The summed E-state index contributed by atoms with van der Waals surface area (Å²) in [5.41, 5.74) is 2.29. The monoisotopic (exact) mass is 261 g/mol. The fourth-order valence-corrected chi connectivity index (χ4v) is 2.26. The van der Waals surface area contributed by atoms with Crippen LogP contribution in [0.3, 0.4) is 0 Å². The lowest BCUT2D eigenvalue weighted by Crippen LogP contribution is -2.27. The largest absolute Gasteiger partial charge is 0.336 e. The average molecular weight is 261 g/mol. The molecule has 0 radical (unpaired) electrons. The Morgan fingerprint density at radius 1 is 1.32 bits per heavy atom. The van der Waals surface area contributed by atoms with Crippen LogP contribution in [0.5, 0.6) is 0 Å². The molecule has 1 atom stereocenters. The summed E-state index contributed by atoms with van der Waals surface area (Å²) in [5, 5.41) is 8.10. The van der Waals surface area contributed by atoms with Crippen molar-refractivity contribution < 1.29 is 0 Å². The van der Waals surface area contributed by atoms with E-state index in [2.05, 4.69) is 39.9 Å². The normalized spacial score (nSPS) is 12.8. The minimum Gasteiger partial charge on any atom is -0.336 e. The highest BCUT2D eigenvalue weighted by Gasteiger charge is 2.21. The molecule has 2 heterocycles. The van der Waals surface area contributed by atoms with Crippen molar-refractivity contribution in [2.45, 2.75) is 32.7 Å². The van der Waals surface area contributed by atoms with E-state index < -0.39 is 0 Å². The fourth-order valence-electron chi connectivity index (χ4n) is 2.26. The molecule has 5 heteroatoms. The van der Waals surface area contributed by atoms with Gasteiger partial charge in [0.2, 0.25) is 0 Å². The van der Waals surface area contributed by atoms with Crippen LogP contribution in [0.1, 0.15) is 43.5 Å². The Bertz CT molecular complexity index is 526. The summed E-state index contributed by atoms with van der Waals surface area (Å²) < 4.78 is 4.02. The maximum absolute atomic E-state index is 4.54. The van der Waals surface area contributed by atoms with Gasteiger partial charge < -0.3 is 9.88 Å². The molecule has 0 bridgehead atoms. The lowest BCUT2D eigenvalue weighted by molar-refractivity contribution is 0.519. The number of nitrogens with one attached hydrogen (secondary N) is 1. The van der Waals surface area contributed by atoms with Crippen LogP contribution < -0.4 is 5.32 Å². The van der Waals surface area contributed by atoms with Crippen LogP contribution in [0.4, 0.5) is 0 Å². The van der Waals surface area contributed by atoms with Crippen LogP contribution in [0.15, 0.2) is 18.5 Å². The molecule has 0 amide bonds. The van der Waals surface area contributed by atoms with Gasteiger partial charge in [-0.05, 0) is 25.5 Å². The van der Waals surface area contributed by atoms with E-state index in [0.29, 0.717) is 0 Å². The van der Waals surface area contributed by atoms with Crippen molar-refractivity contribution in [2.75, 3.05) is 6.54 Å². The van der Waals surface area contributed by atoms with Gasteiger partial charge in [0.1, 0.15) is 11.9 Å². The Morgan fingerprint density at radius 3 is 2.63 bits per heavy atom. The first-order chi connectivity index (χ1) is 9.17. The molecular weight excluding hydrogens is 238 g/mol. The third kappa shape index (κ3) is 2.87. The van der Waals surface area contributed by atoms with Crippen molar-refractivity contribution >= 4 is 0 Å². The average Bonchev–Trinajstić information content (AvgIpc) is 2.98. The first kappa shape index (κ1) is 13.8. The van der Waals surface area contributed by atoms with Gasteiger partial charge in [0.15, 0.2) is 0 Å². The van der Waals surface area contributed by atoms with Gasteiger partial charge >= 0.3 is 0 Å². The smallest absolute Gasteiger partial charge is 0.131 e. The van der Waals surface area contributed by atoms with Gasteiger partial charge in [-0.25, -0.2) is 4.98 Å². The van der Waals surface area contributed by atoms with E-state index in [0.717, 1.165) is 30.9 Å². The van der Waals surface area contributed by atoms with Gasteiger partial charge in [-0.3, -0.25) is 4.68 Å². The third-order valence-electron chi connectivity index (χ3n) is 3.34. The van der Waals surface area contributed by atoms with Crippen LogP contribution in [0.2, 0.25) is 0 Å². The third-order valence-corrected chi connectivity index (χ3v) is 3.34. The van der Waals surface area contributed by atoms with Gasteiger partial charge in [0.25, 0.3) is 0 Å². The predicted molar refractivity (Wildman–Crippen MR) is 75.9 cm³/mol. The van der Waals surface area contributed by atoms with E-state index in [-0.39, 0.29) is 6.04 Å². The zero-order valence-electron chi connectivity index (χ0n) is 12.2. The highest BCUT2D eigenvalue weighted by molar-refractivity contribution is 5.21. The summed E-state index contributed by atoms with van der Waals surface area (Å²) in [6.07, 6.45) is 5.87. The van der Waals surface area contributed by atoms with Gasteiger partial charge in [-0.15, -0.1) is 0 Å². The molecule has 19 heavy (non-hydrogen) atoms. The zero-order valence-corrected chi connectivity index (χ0v) is 12.2. The topological polar surface area (TPSA) is 47.7 Å². The number of rotatable bonds is 6. The molecule has 0 aliphatic rings. The Hall–Kier alpha value is -1.62. The first-order valence-corrected chi connectivity index (χ1v) is 6.90. The number of imidazole rings is 1. The second kappa shape index (κ2) is 6.02. The van der Waals surface area contributed by atoms with Crippen molar-refractivity contribution in [1.29, 1.82) is 0 Å². The van der Waals surface area contributed by atoms with Gasteiger partial charge in [0, 0.05) is 26.5 Å². The van der Waals surface area contributed by atoms with Crippen molar-refractivity contribution in [2.24, 2.45) is 14.1 Å². The molecule has 2 aromatic heterocycles. The number of nitrogens with zero attached hydrogens (tertiary/aromatic N) is 4. The van der Waals surface area contributed by atoms with E-state index in [1.807, 2.05) is 31.2 Å². The second-order valence-electron chi connectivity index (χ2n) is 4.82. The summed E-state index contributed by atoms with van der Waals surface area (Å²) in [7, 11) is 4.03. The summed E-state index contributed by atoms with van der Waals surface area (Å²) in [6, 6.07) is 2.26. The standard InChI is InChI=1S/C14H23N5/c1-5-7-15-13(14-16-8-9-18(14)3)12-10-11(6-2)17-19(12)4/h8-10,13,15H,5-7H2,1-4H3. The predicted octanol–water partition coefficient (Wildman–Crippen LogP) is 1.80. The summed E-state index contributed by atoms with van der Waals surface area (Å²) in [5.74, 6) is 1.03. The first-order valence-electron chi connectivity index (χ1n) is 6.90. The second-order valence-corrected chi connectivity index (χ2v) is 4.82. The number of hydrogen-bond donors (Lipinski definition) is 1. The van der Waals surface area contributed by atoms with Crippen molar-refractivity contribution in [3.8, 4) is 0 Å². The molecule has 0 fully saturated rings. The summed E-state index contributed by atoms with van der Waals surface area (Å²) in [4.78, 5) is 4.48. The molecule has 0 saturated heterocycles. The number of hydrogen-bond acceptors (Lipinski definition) is 3. The van der Waals surface area contributed by atoms with E-state index >= 15 is 0 Å². The van der Waals surface area contributed by atoms with E-state index in [1.54, 1.807) is 0 Å². The van der Waals surface area contributed by atoms with Crippen LogP contribution in [0.25, 0.3) is 0 Å². The number of aromatic nitrogens is 4. The zero-order chi connectivity index (χ0) is 13.8. The molecule has 0 aromatic carbocycles. The van der Waals surface area contributed by atoms with Crippen molar-refractivity contribution in [1.82, 2.24) is 24.6 Å². The Morgan fingerprint density at radius 2 is 2.11 bits per heavy atom. The number of aryl methyl sites for hydroxylation is 3. The molecule has 0 spiro atoms. The lowest BCUT2D eigenvalue weighted by atomic mass is 10.1. The molecule has 1 unspecified atom stereocenters. The van der Waals surface area contributed by atoms with Gasteiger partial charge in [0.05, 0.1) is 11.4 Å². The summed E-state index contributed by atoms with van der Waals surface area (Å²) >= 11 is 0. The van der Waals surface area contributed by atoms with Crippen LogP contribution >= 0.6 is 0 Å². The molecule has 104 valence electrons. The highest BCUT2D eigenvalue weighted by Crippen LogP contribution is 2.21. The molecule has 0 saturated carbocycles. The Labute approximate surface area is 114 Å². The lowest BCUT2D eigenvalue weighted by Gasteiger charge is -2.18. The van der Waals surface area contributed by atoms with Crippen LogP contribution in [-0.4, -0.2) is 25.9 Å². The molecule has 0 aliphatic carbocycles. The molecule has 2 aromatic rings. The van der Waals surface area contributed by atoms with Gasteiger partial charge in [-0.1, -0.05) is 13.8 Å². The molecule has 2 rings (SSSR count). The SMILES string of the molecule is CCCNC(c1nccn1C)c1cc(CC)nn1C. The highest BCUT2D eigenvalue weighted by atomic mass is 15.3. The maximum atomic E-state index is 4.54. The van der Waals surface area contributed by atoms with E-state index in [9.17, 15) is 0 Å². The van der Waals surface area contributed by atoms with E-state index in [4.69, 9.17) is 0 Å². The Kier molecular flexibility index (Phi) is 4.37. The minimum atomic E-state index is 0.0951. The van der Waals surface area contributed by atoms with Crippen molar-refractivity contribution in [3.63, 3.8) is 0 Å². The van der Waals surface area contributed by atoms with Crippen molar-refractivity contribution in [3.05, 3.63) is 35.7 Å². The van der Waals surface area contributed by atoms with Gasteiger partial charge in [-0.2, -0.15) is 5.10 Å². The maximum Gasteiger partial charge on any atom is 0.131 e. The fraction of sp³-hybridized carbons (Fsp3) is 0.571. The molecular formula is C14H23N5. The quantitative estimate of drug-likeness (QED) is 0.862. The minimum absolute atomic E-state index is 0.0951. The van der Waals surface area contributed by atoms with Crippen LogP contribution in [-0.2, 0) is 20.5 Å². The molecule has 1 N–H and O–H groups in total. The van der Waals surface area contributed by atoms with E-state index in [1.165, 1.54) is 5.69 Å². The Balaban J connectivity index is 2.36.